The van der Waals surface area contributed by atoms with Crippen LogP contribution in [0.25, 0.3) is 22.0 Å². The van der Waals surface area contributed by atoms with Crippen LogP contribution in [0.1, 0.15) is 92.4 Å². The number of esters is 1. The number of benzene rings is 2. The van der Waals surface area contributed by atoms with Gasteiger partial charge < -0.3 is 19.1 Å². The molecule has 4 aliphatic rings. The number of rotatable bonds is 9. The largest absolute Gasteiger partial charge is 0.497 e. The molecular weight excluding hydrogens is 771 g/mol. The van der Waals surface area contributed by atoms with Gasteiger partial charge in [0.2, 0.25) is 27.7 Å². The highest BCUT2D eigenvalue weighted by atomic mass is 32.2. The Balaban J connectivity index is 1.26. The van der Waals surface area contributed by atoms with Gasteiger partial charge >= 0.3 is 5.97 Å². The average molecular weight is 828 g/mol. The molecule has 1 aromatic heterocycles. The molecule has 59 heavy (non-hydrogen) atoms. The van der Waals surface area contributed by atoms with Gasteiger partial charge in [0.1, 0.15) is 17.5 Å². The van der Waals surface area contributed by atoms with Crippen LogP contribution < -0.4 is 14.2 Å². The summed E-state index contributed by atoms with van der Waals surface area (Å²) in [5.74, 6) is -2.03. The summed E-state index contributed by atoms with van der Waals surface area (Å²) in [5, 5.41) is 0.944. The van der Waals surface area contributed by atoms with Crippen LogP contribution in [0.15, 0.2) is 66.7 Å². The number of fused-ring (bicyclic) bond motifs is 3. The Hall–Kier alpha value is -4.78. The highest BCUT2D eigenvalue weighted by molar-refractivity contribution is 7.90. The molecule has 3 heterocycles. The molecule has 0 radical (unpaired) electrons. The number of nitrogens with zero attached hydrogens (tertiary/aromatic N) is 2. The highest BCUT2D eigenvalue weighted by Crippen LogP contribution is 2.57. The predicted molar refractivity (Wildman–Crippen MR) is 224 cm³/mol. The van der Waals surface area contributed by atoms with Gasteiger partial charge in [-0.25, -0.2) is 13.4 Å². The van der Waals surface area contributed by atoms with Crippen molar-refractivity contribution < 1.29 is 41.8 Å². The Bertz CT molecular complexity index is 2230. The van der Waals surface area contributed by atoms with Crippen molar-refractivity contribution in [2.75, 3.05) is 13.7 Å². The lowest BCUT2D eigenvalue weighted by Gasteiger charge is -2.32. The minimum absolute atomic E-state index is 0.0375. The maximum atomic E-state index is 15.0. The van der Waals surface area contributed by atoms with E-state index >= 15 is 4.79 Å². The van der Waals surface area contributed by atoms with E-state index in [1.165, 1.54) is 4.90 Å². The second kappa shape index (κ2) is 16.7. The predicted octanol–water partition coefficient (Wildman–Crippen LogP) is 7.19. The summed E-state index contributed by atoms with van der Waals surface area (Å²) in [5.41, 5.74) is -0.479. The second-order valence-corrected chi connectivity index (χ2v) is 20.2. The van der Waals surface area contributed by atoms with E-state index in [1.54, 1.807) is 27.9 Å². The number of sulfonamides is 1. The lowest BCUT2D eigenvalue weighted by Crippen LogP contribution is -2.47. The van der Waals surface area contributed by atoms with Gasteiger partial charge in [0.05, 0.1) is 48.4 Å². The highest BCUT2D eigenvalue weighted by Gasteiger charge is 2.61. The van der Waals surface area contributed by atoms with Crippen LogP contribution in [0, 0.1) is 29.1 Å². The van der Waals surface area contributed by atoms with Crippen molar-refractivity contribution >= 4 is 44.4 Å². The van der Waals surface area contributed by atoms with Gasteiger partial charge in [-0.1, -0.05) is 56.3 Å². The van der Waals surface area contributed by atoms with Crippen LogP contribution in [0.4, 0.5) is 0 Å². The number of ketones is 1. The third-order valence-electron chi connectivity index (χ3n) is 12.3. The Kier molecular flexibility index (Phi) is 12.0. The summed E-state index contributed by atoms with van der Waals surface area (Å²) in [6.45, 7) is 9.49. The van der Waals surface area contributed by atoms with Gasteiger partial charge in [-0.05, 0) is 107 Å². The van der Waals surface area contributed by atoms with Gasteiger partial charge in [-0.2, -0.15) is 0 Å². The van der Waals surface area contributed by atoms with Crippen LogP contribution in [0.5, 0.6) is 11.6 Å². The lowest BCUT2D eigenvalue weighted by molar-refractivity contribution is -0.160. The molecule has 13 heteroatoms. The summed E-state index contributed by atoms with van der Waals surface area (Å²) < 4.78 is 46.3. The first-order valence-corrected chi connectivity index (χ1v) is 22.5. The second-order valence-electron chi connectivity index (χ2n) is 18.3. The maximum Gasteiger partial charge on any atom is 0.307 e. The first-order valence-electron chi connectivity index (χ1n) is 20.9. The standard InChI is InChI=1S/C46H57N3O9S/c1-28-12-10-11-15-32-25-46(32,44(53)48-59(54,55)35-17-18-35)26-40(50)39-23-34(27-49(39)43(52)37(29(2)20-28)24-41(51)58-45(3,4)5)57-42-36-19-16-33(56-6)21-31(36)22-38(47-42)30-13-8-7-9-14-30/h7-9,11,13-16,19,21-22,28-29,32,34-35,37,39H,10,12,17-18,20,23-27H2,1-6H3,(H,48,53)/b15-11-/t28-,29-,32-,34-,37+,39+,46-/m1/s1. The van der Waals surface area contributed by atoms with E-state index in [2.05, 4.69) is 11.6 Å². The van der Waals surface area contributed by atoms with Gasteiger partial charge in [0, 0.05) is 23.8 Å². The molecular formula is C46H57N3O9S. The first kappa shape index (κ1) is 42.3. The van der Waals surface area contributed by atoms with Crippen LogP contribution in [-0.4, -0.2) is 78.5 Å². The number of nitrogens with one attached hydrogen (secondary N) is 1. The molecule has 2 saturated carbocycles. The molecule has 2 aliphatic heterocycles. The quantitative estimate of drug-likeness (QED) is 0.173. The molecule has 7 atom stereocenters. The van der Waals surface area contributed by atoms with Gasteiger partial charge in [-0.3, -0.25) is 23.9 Å². The number of methoxy groups -OCH3 is 1. The van der Waals surface area contributed by atoms with E-state index < -0.39 is 56.2 Å². The van der Waals surface area contributed by atoms with Crippen LogP contribution >= 0.6 is 0 Å². The van der Waals surface area contributed by atoms with Crippen molar-refractivity contribution in [2.45, 2.75) is 115 Å². The number of amides is 2. The summed E-state index contributed by atoms with van der Waals surface area (Å²) in [6.07, 6.45) is 6.50. The molecule has 3 fully saturated rings. The van der Waals surface area contributed by atoms with Crippen molar-refractivity contribution in [3.8, 4) is 22.9 Å². The van der Waals surface area contributed by atoms with Crippen LogP contribution in [0.3, 0.4) is 0 Å². The molecule has 1 N–H and O–H groups in total. The molecule has 2 amide bonds. The average Bonchev–Trinajstić information content (AvgIpc) is 4.11. The fraction of sp³-hybridized carbons (Fsp3) is 0.543. The topological polar surface area (TPSA) is 158 Å². The summed E-state index contributed by atoms with van der Waals surface area (Å²) >= 11 is 0. The molecule has 316 valence electrons. The molecule has 12 nitrogen and oxygen atoms in total. The molecule has 2 aliphatic carbocycles. The van der Waals surface area contributed by atoms with Gasteiger partial charge in [-0.15, -0.1) is 0 Å². The third kappa shape index (κ3) is 9.66. The van der Waals surface area contributed by atoms with E-state index in [0.29, 0.717) is 43.0 Å². The van der Waals surface area contributed by atoms with E-state index in [-0.39, 0.29) is 55.3 Å². The zero-order chi connectivity index (χ0) is 42.3. The Morgan fingerprint density at radius 1 is 1.00 bits per heavy atom. The SMILES string of the molecule is COc1ccc2c(O[C@@H]3C[C@H]4C(=O)C[C@]5(C(=O)NS(=O)(=O)C6CC6)C[C@H]5/C=C\CC[C@@H](C)C[C@@H](C)[C@H](CC(=O)OC(C)(C)C)C(=O)N4C3)nc(-c3ccccc3)cc2c1. The number of allylic oxidation sites excluding steroid dienone is 2. The Labute approximate surface area is 347 Å². The smallest absolute Gasteiger partial charge is 0.307 e. The zero-order valence-corrected chi connectivity index (χ0v) is 35.8. The molecule has 1 saturated heterocycles. The number of ether oxygens (including phenoxy) is 3. The minimum Gasteiger partial charge on any atom is -0.497 e. The third-order valence-corrected chi connectivity index (χ3v) is 14.1. The van der Waals surface area contributed by atoms with Crippen molar-refractivity contribution in [1.82, 2.24) is 14.6 Å². The summed E-state index contributed by atoms with van der Waals surface area (Å²) in [7, 11) is -2.27. The Morgan fingerprint density at radius 2 is 1.75 bits per heavy atom. The number of carbonyl (C=O) groups is 4. The van der Waals surface area contributed by atoms with Crippen molar-refractivity contribution in [2.24, 2.45) is 29.1 Å². The monoisotopic (exact) mass is 827 g/mol. The van der Waals surface area contributed by atoms with E-state index in [0.717, 1.165) is 29.2 Å². The fourth-order valence-electron chi connectivity index (χ4n) is 8.88. The number of Topliss-reactive ketones (excluding diaryl/α,β-unsaturated/α-hetero) is 1. The van der Waals surface area contributed by atoms with Gasteiger partial charge in [0.25, 0.3) is 0 Å². The number of pyridine rings is 1. The fourth-order valence-corrected chi connectivity index (χ4v) is 10.3. The van der Waals surface area contributed by atoms with Crippen molar-refractivity contribution in [3.05, 3.63) is 66.7 Å². The molecule has 0 bridgehead atoms. The Morgan fingerprint density at radius 3 is 2.44 bits per heavy atom. The lowest BCUT2D eigenvalue weighted by atomic mass is 9.82. The maximum absolute atomic E-state index is 15.0. The summed E-state index contributed by atoms with van der Waals surface area (Å²) in [6, 6.07) is 16.2. The van der Waals surface area contributed by atoms with Crippen molar-refractivity contribution in [3.63, 3.8) is 0 Å². The zero-order valence-electron chi connectivity index (χ0n) is 34.9. The number of hydrogen-bond donors (Lipinski definition) is 1. The van der Waals surface area contributed by atoms with Crippen molar-refractivity contribution in [1.29, 1.82) is 0 Å². The number of carbonyl (C=O) groups excluding carboxylic acids is 4. The number of hydrogen-bond acceptors (Lipinski definition) is 10. The number of aromatic nitrogens is 1. The normalized spacial score (nSPS) is 28.4. The molecule has 7 rings (SSSR count). The summed E-state index contributed by atoms with van der Waals surface area (Å²) in [4.78, 5) is 63.7. The van der Waals surface area contributed by atoms with E-state index in [1.807, 2.05) is 73.7 Å². The van der Waals surface area contributed by atoms with Crippen LogP contribution in [0.2, 0.25) is 0 Å². The molecule has 3 aromatic rings. The van der Waals surface area contributed by atoms with Crippen LogP contribution in [-0.2, 0) is 33.9 Å². The molecule has 0 unspecified atom stereocenters. The first-order chi connectivity index (χ1) is 28.0. The van der Waals surface area contributed by atoms with E-state index in [4.69, 9.17) is 19.2 Å². The minimum atomic E-state index is -3.87. The molecule has 0 spiro atoms. The van der Waals surface area contributed by atoms with E-state index in [9.17, 15) is 22.8 Å². The van der Waals surface area contributed by atoms with Gasteiger partial charge in [0.15, 0.2) is 5.78 Å². The molecule has 2 aromatic carbocycles.